The van der Waals surface area contributed by atoms with Gasteiger partial charge in [-0.1, -0.05) is 0 Å². The molecule has 1 N–H and O–H groups in total. The average molecular weight is 374 g/mol. The lowest BCUT2D eigenvalue weighted by molar-refractivity contribution is -0.143. The molecule has 2 amide bonds. The lowest BCUT2D eigenvalue weighted by Crippen LogP contribution is -2.49. The number of imidazole rings is 1. The number of hydrogen-bond acceptors (Lipinski definition) is 3. The number of aromatic amines is 1. The van der Waals surface area contributed by atoms with E-state index in [0.29, 0.717) is 38.3 Å². The minimum absolute atomic E-state index is 0.0177. The predicted octanol–water partition coefficient (Wildman–Crippen LogP) is 2.25. The van der Waals surface area contributed by atoms with Gasteiger partial charge in [-0.15, -0.1) is 0 Å². The molecule has 2 aromatic rings. The third-order valence-electron chi connectivity index (χ3n) is 5.26. The Hall–Kier alpha value is -2.77. The summed E-state index contributed by atoms with van der Waals surface area (Å²) in [6, 6.07) is 2.86. The fourth-order valence-electron chi connectivity index (χ4n) is 3.77. The fraction of sp³-hybridized carbons (Fsp3) is 0.421. The Labute approximate surface area is 155 Å². The highest BCUT2D eigenvalue weighted by molar-refractivity contribution is 5.88. The molecule has 1 fully saturated rings. The molecule has 8 heteroatoms. The zero-order chi connectivity index (χ0) is 19.1. The van der Waals surface area contributed by atoms with Crippen LogP contribution in [0.15, 0.2) is 18.2 Å². The van der Waals surface area contributed by atoms with E-state index in [-0.39, 0.29) is 17.4 Å². The Morgan fingerprint density at radius 1 is 1.26 bits per heavy atom. The van der Waals surface area contributed by atoms with Crippen LogP contribution in [-0.4, -0.2) is 50.7 Å². The number of halogens is 2. The predicted molar refractivity (Wildman–Crippen MR) is 93.5 cm³/mol. The number of amides is 2. The van der Waals surface area contributed by atoms with Gasteiger partial charge in [-0.05, 0) is 25.5 Å². The van der Waals surface area contributed by atoms with Gasteiger partial charge >= 0.3 is 0 Å². The largest absolute Gasteiger partial charge is 0.340 e. The number of carbonyl (C=O) groups is 2. The van der Waals surface area contributed by atoms with E-state index in [9.17, 15) is 18.4 Å². The van der Waals surface area contributed by atoms with Crippen molar-refractivity contribution in [3.63, 3.8) is 0 Å². The first-order valence-electron chi connectivity index (χ1n) is 9.05. The SMILES string of the molecule is CC(C(=O)N1CCc2nc(-c3ccc(F)cc3F)[nH]c2C1)N1CCCC1=O. The molecule has 3 heterocycles. The van der Waals surface area contributed by atoms with Gasteiger partial charge in [0.05, 0.1) is 23.5 Å². The highest BCUT2D eigenvalue weighted by Crippen LogP contribution is 2.26. The van der Waals surface area contributed by atoms with Crippen molar-refractivity contribution >= 4 is 11.8 Å². The van der Waals surface area contributed by atoms with Crippen molar-refractivity contribution in [1.29, 1.82) is 0 Å². The molecular formula is C19H20F2N4O2. The first kappa shape index (κ1) is 17.6. The second kappa shape index (κ2) is 6.75. The Bertz CT molecular complexity index is 911. The number of nitrogens with one attached hydrogen (secondary N) is 1. The maximum absolute atomic E-state index is 14.0. The van der Waals surface area contributed by atoms with Crippen LogP contribution in [0.25, 0.3) is 11.4 Å². The van der Waals surface area contributed by atoms with Gasteiger partial charge in [0.1, 0.15) is 23.5 Å². The maximum atomic E-state index is 14.0. The summed E-state index contributed by atoms with van der Waals surface area (Å²) in [4.78, 5) is 35.5. The lowest BCUT2D eigenvalue weighted by atomic mass is 10.1. The monoisotopic (exact) mass is 374 g/mol. The number of rotatable bonds is 3. The van der Waals surface area contributed by atoms with Gasteiger partial charge in [-0.3, -0.25) is 9.59 Å². The van der Waals surface area contributed by atoms with Gasteiger partial charge in [0.25, 0.3) is 0 Å². The van der Waals surface area contributed by atoms with Crippen molar-refractivity contribution < 1.29 is 18.4 Å². The molecule has 1 aromatic heterocycles. The van der Waals surface area contributed by atoms with Crippen LogP contribution in [0.1, 0.15) is 31.2 Å². The average Bonchev–Trinajstić information content (AvgIpc) is 3.25. The summed E-state index contributed by atoms with van der Waals surface area (Å²) in [5.41, 5.74) is 1.72. The molecule has 1 atom stereocenters. The van der Waals surface area contributed by atoms with Crippen molar-refractivity contribution in [2.24, 2.45) is 0 Å². The molecule has 0 saturated carbocycles. The van der Waals surface area contributed by atoms with Crippen molar-refractivity contribution in [2.75, 3.05) is 13.1 Å². The third kappa shape index (κ3) is 3.20. The van der Waals surface area contributed by atoms with Crippen LogP contribution in [0.4, 0.5) is 8.78 Å². The summed E-state index contributed by atoms with van der Waals surface area (Å²) in [6.07, 6.45) is 1.82. The Morgan fingerprint density at radius 3 is 2.78 bits per heavy atom. The van der Waals surface area contributed by atoms with Crippen LogP contribution < -0.4 is 0 Å². The quantitative estimate of drug-likeness (QED) is 0.896. The van der Waals surface area contributed by atoms with Crippen LogP contribution in [0, 0.1) is 11.6 Å². The van der Waals surface area contributed by atoms with E-state index in [1.807, 2.05) is 0 Å². The minimum atomic E-state index is -0.685. The second-order valence-electron chi connectivity index (χ2n) is 7.01. The molecule has 2 aliphatic rings. The summed E-state index contributed by atoms with van der Waals surface area (Å²) in [5.74, 6) is -1.08. The number of carbonyl (C=O) groups excluding carboxylic acids is 2. The highest BCUT2D eigenvalue weighted by Gasteiger charge is 2.34. The zero-order valence-electron chi connectivity index (χ0n) is 15.0. The van der Waals surface area contributed by atoms with Crippen LogP contribution in [0.2, 0.25) is 0 Å². The number of aromatic nitrogens is 2. The van der Waals surface area contributed by atoms with Gasteiger partial charge in [-0.2, -0.15) is 0 Å². The molecule has 0 aliphatic carbocycles. The number of fused-ring (bicyclic) bond motifs is 1. The third-order valence-corrected chi connectivity index (χ3v) is 5.26. The number of likely N-dealkylation sites (tertiary alicyclic amines) is 1. The summed E-state index contributed by atoms with van der Waals surface area (Å²) < 4.78 is 27.1. The van der Waals surface area contributed by atoms with Crippen molar-refractivity contribution in [3.8, 4) is 11.4 Å². The Morgan fingerprint density at radius 2 is 2.07 bits per heavy atom. The van der Waals surface area contributed by atoms with Crippen LogP contribution in [0.5, 0.6) is 0 Å². The summed E-state index contributed by atoms with van der Waals surface area (Å²) in [7, 11) is 0. The summed E-state index contributed by atoms with van der Waals surface area (Å²) in [6.45, 7) is 3.20. The molecule has 1 saturated heterocycles. The standard InChI is InChI=1S/C19H20F2N4O2/c1-11(25-7-2-3-17(25)26)19(27)24-8-6-15-16(10-24)23-18(22-15)13-5-4-12(20)9-14(13)21/h4-5,9,11H,2-3,6-8,10H2,1H3,(H,22,23). The topological polar surface area (TPSA) is 69.3 Å². The maximum Gasteiger partial charge on any atom is 0.245 e. The summed E-state index contributed by atoms with van der Waals surface area (Å²) >= 11 is 0. The molecule has 6 nitrogen and oxygen atoms in total. The van der Waals surface area contributed by atoms with E-state index in [0.717, 1.165) is 23.9 Å². The number of nitrogens with zero attached hydrogens (tertiary/aromatic N) is 3. The molecule has 4 rings (SSSR count). The molecule has 27 heavy (non-hydrogen) atoms. The van der Waals surface area contributed by atoms with E-state index in [4.69, 9.17) is 0 Å². The first-order valence-corrected chi connectivity index (χ1v) is 9.05. The van der Waals surface area contributed by atoms with E-state index in [2.05, 4.69) is 9.97 Å². The zero-order valence-corrected chi connectivity index (χ0v) is 15.0. The Kier molecular flexibility index (Phi) is 4.41. The van der Waals surface area contributed by atoms with E-state index in [1.165, 1.54) is 12.1 Å². The van der Waals surface area contributed by atoms with Crippen LogP contribution in [0.3, 0.4) is 0 Å². The van der Waals surface area contributed by atoms with Gasteiger partial charge in [0.2, 0.25) is 11.8 Å². The Balaban J connectivity index is 1.52. The molecule has 0 radical (unpaired) electrons. The molecule has 142 valence electrons. The van der Waals surface area contributed by atoms with Crippen molar-refractivity contribution in [1.82, 2.24) is 19.8 Å². The second-order valence-corrected chi connectivity index (χ2v) is 7.01. The van der Waals surface area contributed by atoms with E-state index < -0.39 is 17.7 Å². The van der Waals surface area contributed by atoms with Gasteiger partial charge in [0.15, 0.2) is 0 Å². The van der Waals surface area contributed by atoms with Gasteiger partial charge in [0, 0.05) is 32.0 Å². The number of H-pyrrole nitrogens is 1. The number of benzene rings is 1. The fourth-order valence-corrected chi connectivity index (χ4v) is 3.77. The normalized spacial score (nSPS) is 18.0. The number of hydrogen-bond donors (Lipinski definition) is 1. The van der Waals surface area contributed by atoms with Crippen molar-refractivity contribution in [2.45, 2.75) is 38.8 Å². The van der Waals surface area contributed by atoms with Gasteiger partial charge < -0.3 is 14.8 Å². The van der Waals surface area contributed by atoms with E-state index >= 15 is 0 Å². The lowest BCUT2D eigenvalue weighted by Gasteiger charge is -2.32. The molecule has 1 aromatic carbocycles. The molecule has 0 spiro atoms. The van der Waals surface area contributed by atoms with Crippen LogP contribution in [-0.2, 0) is 22.6 Å². The van der Waals surface area contributed by atoms with Crippen LogP contribution >= 0.6 is 0 Å². The van der Waals surface area contributed by atoms with E-state index in [1.54, 1.807) is 16.7 Å². The smallest absolute Gasteiger partial charge is 0.245 e. The highest BCUT2D eigenvalue weighted by atomic mass is 19.1. The summed E-state index contributed by atoms with van der Waals surface area (Å²) in [5, 5.41) is 0. The van der Waals surface area contributed by atoms with Crippen molar-refractivity contribution in [3.05, 3.63) is 41.2 Å². The first-order chi connectivity index (χ1) is 12.9. The molecule has 0 bridgehead atoms. The molecule has 1 unspecified atom stereocenters. The molecular weight excluding hydrogens is 354 g/mol. The molecule has 2 aliphatic heterocycles. The van der Waals surface area contributed by atoms with Gasteiger partial charge in [-0.25, -0.2) is 13.8 Å². The minimum Gasteiger partial charge on any atom is -0.340 e.